The number of rotatable bonds is 5. The molecule has 1 atom stereocenters. The average molecular weight is 304 g/mol. The highest BCUT2D eigenvalue weighted by molar-refractivity contribution is 9.10. The average Bonchev–Trinajstić information content (AvgIpc) is 2.29. The molecule has 1 aromatic carbocycles. The van der Waals surface area contributed by atoms with Crippen molar-refractivity contribution < 1.29 is 13.9 Å². The van der Waals surface area contributed by atoms with Gasteiger partial charge in [-0.15, -0.1) is 0 Å². The lowest BCUT2D eigenvalue weighted by molar-refractivity contribution is 0.0928. The van der Waals surface area contributed by atoms with Gasteiger partial charge in [-0.3, -0.25) is 4.79 Å². The first-order valence-electron chi connectivity index (χ1n) is 5.30. The molecule has 0 radical (unpaired) electrons. The van der Waals surface area contributed by atoms with Gasteiger partial charge in [-0.05, 0) is 41.4 Å². The van der Waals surface area contributed by atoms with E-state index in [4.69, 9.17) is 4.74 Å². The predicted octanol–water partition coefficient (Wildman–Crippen LogP) is 2.74. The number of halogens is 2. The van der Waals surface area contributed by atoms with Crippen LogP contribution < -0.4 is 5.32 Å². The zero-order valence-corrected chi connectivity index (χ0v) is 11.4. The van der Waals surface area contributed by atoms with Crippen LogP contribution in [0.3, 0.4) is 0 Å². The molecule has 5 heteroatoms. The molecule has 1 amide bonds. The zero-order valence-electron chi connectivity index (χ0n) is 9.80. The minimum atomic E-state index is -0.442. The Morgan fingerprint density at radius 2 is 2.29 bits per heavy atom. The van der Waals surface area contributed by atoms with Crippen LogP contribution in [0.2, 0.25) is 0 Å². The van der Waals surface area contributed by atoms with E-state index in [1.54, 1.807) is 13.2 Å². The molecule has 1 aromatic rings. The summed E-state index contributed by atoms with van der Waals surface area (Å²) in [6.45, 7) is 2.45. The molecular formula is C12H15BrFNO2. The van der Waals surface area contributed by atoms with Crippen molar-refractivity contribution in [1.82, 2.24) is 5.32 Å². The van der Waals surface area contributed by atoms with Crippen LogP contribution in [0.1, 0.15) is 23.7 Å². The number of benzene rings is 1. The van der Waals surface area contributed by atoms with Gasteiger partial charge in [0.1, 0.15) is 5.82 Å². The minimum absolute atomic E-state index is 0.0161. The lowest BCUT2D eigenvalue weighted by Gasteiger charge is -2.14. The van der Waals surface area contributed by atoms with Crippen LogP contribution in [-0.2, 0) is 4.74 Å². The summed E-state index contributed by atoms with van der Waals surface area (Å²) < 4.78 is 18.3. The van der Waals surface area contributed by atoms with Gasteiger partial charge in [0.05, 0.1) is 10.0 Å². The van der Waals surface area contributed by atoms with E-state index < -0.39 is 5.82 Å². The number of hydrogen-bond acceptors (Lipinski definition) is 2. The fourth-order valence-corrected chi connectivity index (χ4v) is 1.79. The van der Waals surface area contributed by atoms with Crippen LogP contribution >= 0.6 is 15.9 Å². The van der Waals surface area contributed by atoms with E-state index in [2.05, 4.69) is 21.2 Å². The van der Waals surface area contributed by atoms with E-state index in [1.807, 2.05) is 6.92 Å². The third-order valence-electron chi connectivity index (χ3n) is 2.33. The van der Waals surface area contributed by atoms with E-state index in [1.165, 1.54) is 12.1 Å². The summed E-state index contributed by atoms with van der Waals surface area (Å²) in [6.07, 6.45) is 0.717. The molecule has 3 nitrogen and oxygen atoms in total. The quantitative estimate of drug-likeness (QED) is 0.908. The van der Waals surface area contributed by atoms with Crippen LogP contribution in [0.25, 0.3) is 0 Å². The van der Waals surface area contributed by atoms with Crippen molar-refractivity contribution in [3.63, 3.8) is 0 Å². The SMILES string of the molecule is COCCC(C)NC(=O)c1cccc(F)c1Br. The van der Waals surface area contributed by atoms with Crippen molar-refractivity contribution in [1.29, 1.82) is 0 Å². The lowest BCUT2D eigenvalue weighted by atomic mass is 10.2. The highest BCUT2D eigenvalue weighted by atomic mass is 79.9. The molecule has 1 unspecified atom stereocenters. The van der Waals surface area contributed by atoms with E-state index >= 15 is 0 Å². The van der Waals surface area contributed by atoms with E-state index in [9.17, 15) is 9.18 Å². The van der Waals surface area contributed by atoms with Crippen LogP contribution in [-0.4, -0.2) is 25.7 Å². The maximum absolute atomic E-state index is 13.2. The maximum Gasteiger partial charge on any atom is 0.252 e. The smallest absolute Gasteiger partial charge is 0.252 e. The molecule has 0 aliphatic rings. The molecule has 0 saturated carbocycles. The summed E-state index contributed by atoms with van der Waals surface area (Å²) in [6, 6.07) is 4.37. The second kappa shape index (κ2) is 6.71. The number of hydrogen-bond donors (Lipinski definition) is 1. The summed E-state index contributed by atoms with van der Waals surface area (Å²) in [5.74, 6) is -0.734. The molecule has 0 heterocycles. The van der Waals surface area contributed by atoms with Crippen molar-refractivity contribution in [2.45, 2.75) is 19.4 Å². The Balaban J connectivity index is 2.67. The van der Waals surface area contributed by atoms with Crippen molar-refractivity contribution in [2.24, 2.45) is 0 Å². The van der Waals surface area contributed by atoms with Gasteiger partial charge < -0.3 is 10.1 Å². The fraction of sp³-hybridized carbons (Fsp3) is 0.417. The van der Waals surface area contributed by atoms with Gasteiger partial charge in [0, 0.05) is 19.8 Å². The highest BCUT2D eigenvalue weighted by Crippen LogP contribution is 2.20. The lowest BCUT2D eigenvalue weighted by Crippen LogP contribution is -2.33. The van der Waals surface area contributed by atoms with Crippen molar-refractivity contribution in [2.75, 3.05) is 13.7 Å². The fourth-order valence-electron chi connectivity index (χ4n) is 1.35. The number of methoxy groups -OCH3 is 1. The molecule has 0 aliphatic heterocycles. The number of carbonyl (C=O) groups is 1. The molecular weight excluding hydrogens is 289 g/mol. The first kappa shape index (κ1) is 14.1. The van der Waals surface area contributed by atoms with Crippen molar-refractivity contribution >= 4 is 21.8 Å². The van der Waals surface area contributed by atoms with Crippen LogP contribution in [0, 0.1) is 5.82 Å². The molecule has 1 rings (SSSR count). The zero-order chi connectivity index (χ0) is 12.8. The van der Waals surface area contributed by atoms with Gasteiger partial charge in [0.15, 0.2) is 0 Å². The van der Waals surface area contributed by atoms with Gasteiger partial charge in [-0.25, -0.2) is 4.39 Å². The van der Waals surface area contributed by atoms with Gasteiger partial charge in [-0.1, -0.05) is 6.07 Å². The second-order valence-electron chi connectivity index (χ2n) is 3.76. The van der Waals surface area contributed by atoms with Gasteiger partial charge >= 0.3 is 0 Å². The predicted molar refractivity (Wildman–Crippen MR) is 67.5 cm³/mol. The Kier molecular flexibility index (Phi) is 5.58. The molecule has 0 saturated heterocycles. The largest absolute Gasteiger partial charge is 0.385 e. The number of amides is 1. The van der Waals surface area contributed by atoms with Crippen LogP contribution in [0.5, 0.6) is 0 Å². The molecule has 1 N–H and O–H groups in total. The molecule has 0 aromatic heterocycles. The van der Waals surface area contributed by atoms with E-state index in [0.29, 0.717) is 12.2 Å². The molecule has 94 valence electrons. The Morgan fingerprint density at radius 3 is 2.94 bits per heavy atom. The van der Waals surface area contributed by atoms with Crippen molar-refractivity contribution in [3.8, 4) is 0 Å². The molecule has 17 heavy (non-hydrogen) atoms. The highest BCUT2D eigenvalue weighted by Gasteiger charge is 2.14. The van der Waals surface area contributed by atoms with Crippen LogP contribution in [0.15, 0.2) is 22.7 Å². The number of nitrogens with one attached hydrogen (secondary N) is 1. The first-order valence-corrected chi connectivity index (χ1v) is 6.09. The normalized spacial score (nSPS) is 12.2. The van der Waals surface area contributed by atoms with Gasteiger partial charge in [0.25, 0.3) is 5.91 Å². The minimum Gasteiger partial charge on any atom is -0.385 e. The van der Waals surface area contributed by atoms with E-state index in [-0.39, 0.29) is 16.4 Å². The summed E-state index contributed by atoms with van der Waals surface area (Å²) in [5.41, 5.74) is 0.300. The number of carbonyl (C=O) groups excluding carboxylic acids is 1. The summed E-state index contributed by atoms with van der Waals surface area (Å²) in [7, 11) is 1.61. The topological polar surface area (TPSA) is 38.3 Å². The molecule has 0 fully saturated rings. The Labute approximate surface area is 108 Å². The first-order chi connectivity index (χ1) is 8.06. The standard InChI is InChI=1S/C12H15BrFNO2/c1-8(6-7-17-2)15-12(16)9-4-3-5-10(14)11(9)13/h3-5,8H,6-7H2,1-2H3,(H,15,16). The maximum atomic E-state index is 13.2. The summed E-state index contributed by atoms with van der Waals surface area (Å²) in [4.78, 5) is 11.8. The van der Waals surface area contributed by atoms with Crippen LogP contribution in [0.4, 0.5) is 4.39 Å². The summed E-state index contributed by atoms with van der Waals surface area (Å²) >= 11 is 3.06. The van der Waals surface area contributed by atoms with E-state index in [0.717, 1.165) is 6.42 Å². The molecule has 0 spiro atoms. The second-order valence-corrected chi connectivity index (χ2v) is 4.55. The Hall–Kier alpha value is -0.940. The molecule has 0 aliphatic carbocycles. The molecule has 0 bridgehead atoms. The monoisotopic (exact) mass is 303 g/mol. The Morgan fingerprint density at radius 1 is 1.59 bits per heavy atom. The van der Waals surface area contributed by atoms with Crippen molar-refractivity contribution in [3.05, 3.63) is 34.1 Å². The summed E-state index contributed by atoms with van der Waals surface area (Å²) in [5, 5.41) is 2.78. The Bertz CT molecular complexity index is 398. The third kappa shape index (κ3) is 4.09. The number of ether oxygens (including phenoxy) is 1. The third-order valence-corrected chi connectivity index (χ3v) is 3.13. The van der Waals surface area contributed by atoms with Gasteiger partial charge in [-0.2, -0.15) is 0 Å². The van der Waals surface area contributed by atoms with Gasteiger partial charge in [0.2, 0.25) is 0 Å².